The second-order valence-corrected chi connectivity index (χ2v) is 9.41. The molecule has 1 aromatic carbocycles. The van der Waals surface area contributed by atoms with Crippen LogP contribution in [0.1, 0.15) is 32.6 Å². The molecule has 9 heteroatoms. The third-order valence-electron chi connectivity index (χ3n) is 5.34. The van der Waals surface area contributed by atoms with Gasteiger partial charge >= 0.3 is 5.97 Å². The Balaban J connectivity index is 1.68. The lowest BCUT2D eigenvalue weighted by Crippen LogP contribution is -2.50. The fraction of sp³-hybridized carbons (Fsp3) is 0.579. The molecule has 28 heavy (non-hydrogen) atoms. The van der Waals surface area contributed by atoms with Crippen LogP contribution in [0.3, 0.4) is 0 Å². The average Bonchev–Trinajstić information content (AvgIpc) is 3.19. The van der Waals surface area contributed by atoms with E-state index in [0.717, 1.165) is 0 Å². The minimum atomic E-state index is -3.77. The molecule has 2 aliphatic rings. The summed E-state index contributed by atoms with van der Waals surface area (Å²) in [7, 11) is -3.77. The van der Waals surface area contributed by atoms with Crippen molar-refractivity contribution < 1.29 is 22.7 Å². The van der Waals surface area contributed by atoms with E-state index in [0.29, 0.717) is 56.9 Å². The second kappa shape index (κ2) is 8.80. The van der Waals surface area contributed by atoms with Gasteiger partial charge < -0.3 is 9.64 Å². The number of halogens is 1. The normalized spacial score (nSPS) is 21.6. The van der Waals surface area contributed by atoms with E-state index < -0.39 is 16.1 Å². The molecule has 2 aliphatic heterocycles. The van der Waals surface area contributed by atoms with Crippen LogP contribution in [-0.2, 0) is 24.3 Å². The third kappa shape index (κ3) is 4.34. The van der Waals surface area contributed by atoms with Gasteiger partial charge in [0.25, 0.3) is 0 Å². The second-order valence-electron chi connectivity index (χ2n) is 7.08. The number of esters is 1. The summed E-state index contributed by atoms with van der Waals surface area (Å²) in [6.45, 7) is 3.31. The highest BCUT2D eigenvalue weighted by Crippen LogP contribution is 2.29. The molecular weight excluding hydrogens is 404 g/mol. The molecule has 0 saturated carbocycles. The number of rotatable bonds is 5. The highest BCUT2D eigenvalue weighted by Gasteiger charge is 2.42. The van der Waals surface area contributed by atoms with E-state index in [1.165, 1.54) is 28.6 Å². The number of benzene rings is 1. The molecule has 3 rings (SSSR count). The number of amides is 1. The van der Waals surface area contributed by atoms with Crippen molar-refractivity contribution in [1.29, 1.82) is 0 Å². The van der Waals surface area contributed by atoms with Crippen LogP contribution in [0.2, 0.25) is 5.02 Å². The molecule has 1 amide bonds. The van der Waals surface area contributed by atoms with Crippen molar-refractivity contribution in [3.8, 4) is 0 Å². The number of nitrogens with zero attached hydrogens (tertiary/aromatic N) is 2. The molecule has 0 aromatic heterocycles. The zero-order valence-electron chi connectivity index (χ0n) is 15.8. The van der Waals surface area contributed by atoms with Crippen LogP contribution in [0.4, 0.5) is 0 Å². The number of ether oxygens (including phenoxy) is 1. The molecular formula is C19H25ClN2O5S. The predicted molar refractivity (Wildman–Crippen MR) is 104 cm³/mol. The minimum absolute atomic E-state index is 0.137. The Bertz CT molecular complexity index is 819. The molecule has 0 spiro atoms. The van der Waals surface area contributed by atoms with Gasteiger partial charge in [-0.05, 0) is 56.9 Å². The monoisotopic (exact) mass is 428 g/mol. The number of carbonyl (C=O) groups is 2. The highest BCUT2D eigenvalue weighted by atomic mass is 35.5. The van der Waals surface area contributed by atoms with Crippen molar-refractivity contribution in [2.75, 3.05) is 26.2 Å². The van der Waals surface area contributed by atoms with E-state index in [9.17, 15) is 18.0 Å². The van der Waals surface area contributed by atoms with Gasteiger partial charge in [-0.1, -0.05) is 11.6 Å². The van der Waals surface area contributed by atoms with Crippen LogP contribution in [0.5, 0.6) is 0 Å². The Kier molecular flexibility index (Phi) is 6.62. The maximum absolute atomic E-state index is 13.0. The molecule has 0 unspecified atom stereocenters. The summed E-state index contributed by atoms with van der Waals surface area (Å²) in [5, 5.41) is 0.456. The molecule has 0 N–H and O–H groups in total. The average molecular weight is 429 g/mol. The number of hydrogen-bond donors (Lipinski definition) is 0. The van der Waals surface area contributed by atoms with Gasteiger partial charge in [-0.25, -0.2) is 8.42 Å². The molecule has 0 aliphatic carbocycles. The van der Waals surface area contributed by atoms with Crippen molar-refractivity contribution in [1.82, 2.24) is 9.21 Å². The molecule has 7 nitrogen and oxygen atoms in total. The summed E-state index contributed by atoms with van der Waals surface area (Å²) in [5.41, 5.74) is 0. The van der Waals surface area contributed by atoms with E-state index in [2.05, 4.69) is 0 Å². The van der Waals surface area contributed by atoms with Crippen LogP contribution in [0, 0.1) is 5.92 Å². The van der Waals surface area contributed by atoms with Gasteiger partial charge in [0.05, 0.1) is 17.4 Å². The van der Waals surface area contributed by atoms with Crippen molar-refractivity contribution in [3.05, 3.63) is 29.3 Å². The highest BCUT2D eigenvalue weighted by molar-refractivity contribution is 7.89. The van der Waals surface area contributed by atoms with E-state index in [1.807, 2.05) is 0 Å². The first-order valence-electron chi connectivity index (χ1n) is 9.57. The van der Waals surface area contributed by atoms with Gasteiger partial charge in [-0.2, -0.15) is 4.31 Å². The zero-order valence-corrected chi connectivity index (χ0v) is 17.4. The summed E-state index contributed by atoms with van der Waals surface area (Å²) in [5.74, 6) is -0.596. The van der Waals surface area contributed by atoms with E-state index in [4.69, 9.17) is 16.3 Å². The summed E-state index contributed by atoms with van der Waals surface area (Å²) < 4.78 is 32.4. The zero-order chi connectivity index (χ0) is 20.3. The quantitative estimate of drug-likeness (QED) is 0.672. The maximum atomic E-state index is 13.0. The Morgan fingerprint density at radius 3 is 2.36 bits per heavy atom. The van der Waals surface area contributed by atoms with E-state index >= 15 is 0 Å². The molecule has 1 atom stereocenters. The molecule has 1 aromatic rings. The molecule has 2 fully saturated rings. The lowest BCUT2D eigenvalue weighted by atomic mass is 9.96. The Morgan fingerprint density at radius 1 is 1.11 bits per heavy atom. The maximum Gasteiger partial charge on any atom is 0.309 e. The third-order valence-corrected chi connectivity index (χ3v) is 7.51. The standard InChI is InChI=1S/C19H25ClN2O5S/c1-2-27-19(24)14-9-12-21(13-10-14)18(23)17-4-3-11-22(17)28(25,26)16-7-5-15(20)6-8-16/h5-8,14,17H,2-4,9-13H2,1H3/t17-/m1/s1. The Morgan fingerprint density at radius 2 is 1.75 bits per heavy atom. The van der Waals surface area contributed by atoms with Gasteiger partial charge in [0.2, 0.25) is 15.9 Å². The smallest absolute Gasteiger partial charge is 0.309 e. The molecule has 2 heterocycles. The molecule has 2 saturated heterocycles. The Labute approximate surface area is 170 Å². The van der Waals surface area contributed by atoms with Gasteiger partial charge in [0.15, 0.2) is 0 Å². The fourth-order valence-corrected chi connectivity index (χ4v) is 5.60. The molecule has 0 radical (unpaired) electrons. The van der Waals surface area contributed by atoms with Gasteiger partial charge in [-0.3, -0.25) is 9.59 Å². The van der Waals surface area contributed by atoms with Gasteiger partial charge in [-0.15, -0.1) is 0 Å². The minimum Gasteiger partial charge on any atom is -0.466 e. The van der Waals surface area contributed by atoms with Crippen LogP contribution >= 0.6 is 11.6 Å². The van der Waals surface area contributed by atoms with Crippen molar-refractivity contribution >= 4 is 33.5 Å². The topological polar surface area (TPSA) is 84.0 Å². The van der Waals surface area contributed by atoms with Crippen LogP contribution in [0.25, 0.3) is 0 Å². The summed E-state index contributed by atoms with van der Waals surface area (Å²) in [6, 6.07) is 5.29. The number of piperidine rings is 1. The summed E-state index contributed by atoms with van der Waals surface area (Å²) in [4.78, 5) is 26.7. The fourth-order valence-electron chi connectivity index (χ4n) is 3.82. The van der Waals surface area contributed by atoms with E-state index in [1.54, 1.807) is 11.8 Å². The SMILES string of the molecule is CCOC(=O)C1CCN(C(=O)[C@H]2CCCN2S(=O)(=O)c2ccc(Cl)cc2)CC1. The Hall–Kier alpha value is -1.64. The van der Waals surface area contributed by atoms with E-state index in [-0.39, 0.29) is 22.7 Å². The first-order valence-corrected chi connectivity index (χ1v) is 11.4. The molecule has 154 valence electrons. The predicted octanol–water partition coefficient (Wildman–Crippen LogP) is 2.29. The lowest BCUT2D eigenvalue weighted by molar-refractivity contribution is -0.151. The number of likely N-dealkylation sites (tertiary alicyclic amines) is 1. The van der Waals surface area contributed by atoms with Crippen molar-refractivity contribution in [2.45, 2.75) is 43.5 Å². The van der Waals surface area contributed by atoms with Gasteiger partial charge in [0, 0.05) is 24.7 Å². The number of sulfonamides is 1. The van der Waals surface area contributed by atoms with Crippen molar-refractivity contribution in [3.63, 3.8) is 0 Å². The largest absolute Gasteiger partial charge is 0.466 e. The van der Waals surface area contributed by atoms with Crippen molar-refractivity contribution in [2.24, 2.45) is 5.92 Å². The van der Waals surface area contributed by atoms with Crippen LogP contribution < -0.4 is 0 Å². The number of carbonyl (C=O) groups excluding carboxylic acids is 2. The summed E-state index contributed by atoms with van der Waals surface area (Å²) in [6.07, 6.45) is 2.23. The lowest BCUT2D eigenvalue weighted by Gasteiger charge is -2.34. The van der Waals surface area contributed by atoms with Gasteiger partial charge in [0.1, 0.15) is 6.04 Å². The first-order chi connectivity index (χ1) is 13.3. The molecule has 0 bridgehead atoms. The van der Waals surface area contributed by atoms with Crippen LogP contribution in [0.15, 0.2) is 29.2 Å². The van der Waals surface area contributed by atoms with Crippen LogP contribution in [-0.4, -0.2) is 61.8 Å². The summed E-state index contributed by atoms with van der Waals surface area (Å²) >= 11 is 5.85. The first kappa shape index (κ1) is 21.1. The number of hydrogen-bond acceptors (Lipinski definition) is 5.